The molecule has 10 heteroatoms. The zero-order valence-electron chi connectivity index (χ0n) is 16.8. The molecule has 2 aliphatic rings. The topological polar surface area (TPSA) is 120 Å². The van der Waals surface area contributed by atoms with Crippen molar-refractivity contribution in [2.24, 2.45) is 0 Å². The summed E-state index contributed by atoms with van der Waals surface area (Å²) in [5, 5.41) is 0.525. The van der Waals surface area contributed by atoms with Crippen molar-refractivity contribution in [1.29, 1.82) is 0 Å². The molecule has 2 heterocycles. The van der Waals surface area contributed by atoms with Crippen molar-refractivity contribution >= 4 is 29.6 Å². The Hall–Kier alpha value is -2.59. The van der Waals surface area contributed by atoms with E-state index in [9.17, 15) is 24.0 Å². The van der Waals surface area contributed by atoms with Gasteiger partial charge in [0, 0.05) is 25.0 Å². The quantitative estimate of drug-likeness (QED) is 0.452. The maximum atomic E-state index is 11.9. The molecular formula is C19H26N2O8. The number of imide groups is 2. The average molecular weight is 410 g/mol. The van der Waals surface area contributed by atoms with Crippen LogP contribution in [0.5, 0.6) is 0 Å². The second kappa shape index (κ2) is 9.75. The van der Waals surface area contributed by atoms with Crippen LogP contribution < -0.4 is 0 Å². The minimum Gasteiger partial charge on any atom is -0.374 e. The van der Waals surface area contributed by atoms with Gasteiger partial charge in [-0.2, -0.15) is 0 Å². The van der Waals surface area contributed by atoms with Gasteiger partial charge in [0.1, 0.15) is 0 Å². The van der Waals surface area contributed by atoms with Crippen molar-refractivity contribution in [2.45, 2.75) is 58.2 Å². The Morgan fingerprint density at radius 1 is 1.10 bits per heavy atom. The van der Waals surface area contributed by atoms with Gasteiger partial charge in [-0.05, 0) is 27.2 Å². The Morgan fingerprint density at radius 2 is 1.69 bits per heavy atom. The number of nitrogens with zero attached hydrogens (tertiary/aromatic N) is 2. The standard InChI is InChI=1S/C19H26N2O8/c1-13(27-11-10-20-14(22)4-5-15(20)23)12-28-19(2,3)9-8-18(26)29-21-16(24)6-7-17(21)25/h4-5,13H,6-12H2,1-3H3. The van der Waals surface area contributed by atoms with Gasteiger partial charge in [0.15, 0.2) is 0 Å². The summed E-state index contributed by atoms with van der Waals surface area (Å²) >= 11 is 0. The molecule has 0 saturated carbocycles. The minimum atomic E-state index is -0.678. The second-order valence-electron chi connectivity index (χ2n) is 7.46. The number of hydrogen-bond acceptors (Lipinski definition) is 8. The van der Waals surface area contributed by atoms with Gasteiger partial charge in [0.05, 0.1) is 37.9 Å². The predicted molar refractivity (Wildman–Crippen MR) is 97.7 cm³/mol. The van der Waals surface area contributed by atoms with Crippen molar-refractivity contribution in [1.82, 2.24) is 9.96 Å². The molecule has 0 aromatic heterocycles. The SMILES string of the molecule is CC(COC(C)(C)CCC(=O)ON1C(=O)CCC1=O)OCCN1C(=O)C=CC1=O. The normalized spacial score (nSPS) is 18.2. The number of carbonyl (C=O) groups excluding carboxylic acids is 5. The average Bonchev–Trinajstić information content (AvgIpc) is 3.15. The van der Waals surface area contributed by atoms with E-state index in [2.05, 4.69) is 0 Å². The molecule has 0 aromatic carbocycles. The summed E-state index contributed by atoms with van der Waals surface area (Å²) in [5.41, 5.74) is -0.666. The summed E-state index contributed by atoms with van der Waals surface area (Å²) in [6.45, 7) is 5.98. The summed E-state index contributed by atoms with van der Waals surface area (Å²) in [4.78, 5) is 63.6. The fourth-order valence-corrected chi connectivity index (χ4v) is 2.67. The molecule has 1 saturated heterocycles. The number of hydroxylamine groups is 2. The molecule has 2 aliphatic heterocycles. The summed E-state index contributed by atoms with van der Waals surface area (Å²) in [7, 11) is 0. The Kier molecular flexibility index (Phi) is 7.63. The molecule has 0 bridgehead atoms. The van der Waals surface area contributed by atoms with Gasteiger partial charge in [-0.15, -0.1) is 5.06 Å². The van der Waals surface area contributed by atoms with Crippen LogP contribution in [-0.2, 0) is 38.3 Å². The van der Waals surface area contributed by atoms with Crippen LogP contribution in [0.15, 0.2) is 12.2 Å². The first-order chi connectivity index (χ1) is 13.6. The van der Waals surface area contributed by atoms with Crippen molar-refractivity contribution in [2.75, 3.05) is 19.8 Å². The van der Waals surface area contributed by atoms with Gasteiger partial charge in [-0.1, -0.05) is 0 Å². The van der Waals surface area contributed by atoms with Crippen LogP contribution in [0, 0.1) is 0 Å². The summed E-state index contributed by atoms with van der Waals surface area (Å²) in [6.07, 6.45) is 2.55. The number of carbonyl (C=O) groups is 5. The monoisotopic (exact) mass is 410 g/mol. The summed E-state index contributed by atoms with van der Waals surface area (Å²) in [6, 6.07) is 0. The molecule has 160 valence electrons. The zero-order chi connectivity index (χ0) is 21.6. The molecular weight excluding hydrogens is 384 g/mol. The largest absolute Gasteiger partial charge is 0.374 e. The lowest BCUT2D eigenvalue weighted by molar-refractivity contribution is -0.198. The highest BCUT2D eigenvalue weighted by Gasteiger charge is 2.33. The van der Waals surface area contributed by atoms with E-state index in [1.54, 1.807) is 20.8 Å². The molecule has 29 heavy (non-hydrogen) atoms. The fourth-order valence-electron chi connectivity index (χ4n) is 2.67. The van der Waals surface area contributed by atoms with Gasteiger partial charge in [-0.3, -0.25) is 24.1 Å². The van der Waals surface area contributed by atoms with Crippen LogP contribution in [0.3, 0.4) is 0 Å². The molecule has 10 nitrogen and oxygen atoms in total. The van der Waals surface area contributed by atoms with E-state index in [0.29, 0.717) is 11.5 Å². The zero-order valence-corrected chi connectivity index (χ0v) is 16.8. The van der Waals surface area contributed by atoms with Gasteiger partial charge in [0.2, 0.25) is 0 Å². The van der Waals surface area contributed by atoms with E-state index in [0.717, 1.165) is 4.90 Å². The van der Waals surface area contributed by atoms with E-state index in [1.807, 2.05) is 0 Å². The number of amides is 4. The summed E-state index contributed by atoms with van der Waals surface area (Å²) < 4.78 is 11.3. The van der Waals surface area contributed by atoms with E-state index in [1.165, 1.54) is 12.2 Å². The minimum absolute atomic E-state index is 0.0223. The molecule has 0 radical (unpaired) electrons. The van der Waals surface area contributed by atoms with Crippen molar-refractivity contribution < 1.29 is 38.3 Å². The Labute approximate surface area is 168 Å². The van der Waals surface area contributed by atoms with Crippen LogP contribution in [0.4, 0.5) is 0 Å². The van der Waals surface area contributed by atoms with Crippen LogP contribution in [0.25, 0.3) is 0 Å². The first-order valence-corrected chi connectivity index (χ1v) is 9.45. The first-order valence-electron chi connectivity index (χ1n) is 9.45. The number of hydrogen-bond donors (Lipinski definition) is 0. The maximum Gasteiger partial charge on any atom is 0.333 e. The Morgan fingerprint density at radius 3 is 2.28 bits per heavy atom. The van der Waals surface area contributed by atoms with Crippen molar-refractivity contribution in [3.05, 3.63) is 12.2 Å². The van der Waals surface area contributed by atoms with E-state index in [-0.39, 0.29) is 56.9 Å². The molecule has 0 aromatic rings. The molecule has 4 amide bonds. The third kappa shape index (κ3) is 6.75. The van der Waals surface area contributed by atoms with Crippen molar-refractivity contribution in [3.8, 4) is 0 Å². The molecule has 2 rings (SSSR count). The summed E-state index contributed by atoms with van der Waals surface area (Å²) in [5.74, 6) is -2.42. The van der Waals surface area contributed by atoms with Crippen LogP contribution >= 0.6 is 0 Å². The third-order valence-corrected chi connectivity index (χ3v) is 4.46. The van der Waals surface area contributed by atoms with Crippen molar-refractivity contribution in [3.63, 3.8) is 0 Å². The van der Waals surface area contributed by atoms with Gasteiger partial charge < -0.3 is 14.3 Å². The number of rotatable bonds is 11. The highest BCUT2D eigenvalue weighted by molar-refractivity contribution is 6.12. The lowest BCUT2D eigenvalue weighted by Gasteiger charge is -2.27. The molecule has 1 atom stereocenters. The predicted octanol–water partition coefficient (Wildman–Crippen LogP) is 0.499. The third-order valence-electron chi connectivity index (χ3n) is 4.46. The van der Waals surface area contributed by atoms with Gasteiger partial charge >= 0.3 is 5.97 Å². The van der Waals surface area contributed by atoms with E-state index >= 15 is 0 Å². The van der Waals surface area contributed by atoms with Gasteiger partial charge in [0.25, 0.3) is 23.6 Å². The first kappa shape index (κ1) is 22.7. The Bertz CT molecular complexity index is 681. The molecule has 0 spiro atoms. The molecule has 0 N–H and O–H groups in total. The molecule has 1 unspecified atom stereocenters. The highest BCUT2D eigenvalue weighted by atomic mass is 16.7. The smallest absolute Gasteiger partial charge is 0.333 e. The van der Waals surface area contributed by atoms with E-state index in [4.69, 9.17) is 14.3 Å². The maximum absolute atomic E-state index is 11.9. The lowest BCUT2D eigenvalue weighted by Crippen LogP contribution is -2.35. The fraction of sp³-hybridized carbons (Fsp3) is 0.632. The van der Waals surface area contributed by atoms with Gasteiger partial charge in [-0.25, -0.2) is 4.79 Å². The second-order valence-corrected chi connectivity index (χ2v) is 7.46. The molecule has 1 fully saturated rings. The van der Waals surface area contributed by atoms with E-state index < -0.39 is 23.4 Å². The molecule has 0 aliphatic carbocycles. The van der Waals surface area contributed by atoms with Crippen LogP contribution in [0.1, 0.15) is 46.5 Å². The lowest BCUT2D eigenvalue weighted by atomic mass is 10.0. The van der Waals surface area contributed by atoms with Crippen LogP contribution in [0.2, 0.25) is 0 Å². The number of ether oxygens (including phenoxy) is 2. The van der Waals surface area contributed by atoms with Crippen LogP contribution in [-0.4, -0.2) is 71.0 Å². The Balaban J connectivity index is 1.63. The highest BCUT2D eigenvalue weighted by Crippen LogP contribution is 2.19.